The van der Waals surface area contributed by atoms with Gasteiger partial charge in [0.15, 0.2) is 0 Å². The van der Waals surface area contributed by atoms with Crippen LogP contribution in [0.3, 0.4) is 0 Å². The largest absolute Gasteiger partial charge is 0.488 e. The van der Waals surface area contributed by atoms with E-state index in [1.165, 1.54) is 7.11 Å². The number of rotatable bonds is 11. The number of carbonyl (C=O) groups is 2. The highest BCUT2D eigenvalue weighted by Gasteiger charge is 2.33. The molecular weight excluding hydrogens is 630 g/mol. The molecule has 1 aliphatic rings. The van der Waals surface area contributed by atoms with Gasteiger partial charge < -0.3 is 35.0 Å². The van der Waals surface area contributed by atoms with Gasteiger partial charge in [-0.15, -0.1) is 5.92 Å². The van der Waals surface area contributed by atoms with Crippen molar-refractivity contribution in [2.24, 2.45) is 0 Å². The molecule has 0 bridgehead atoms. The molecule has 5 aromatic rings. The molecule has 0 spiro atoms. The number of hydrogen-bond acceptors (Lipinski definition) is 7. The standard InChI is InChI=1S/C39H45N7O4/c1-7-10-11-28(9-3)46(38(47)23(4)42-39(48)49-6)24(5)37-44-32-15-13-25-18-31-29-14-12-26(33-20-41-35(43-33)21-40-16-8-2)17-27(29)22-50-34(31)19-30(25)36(32)45-37/h12-15,17-20,23-24,28,40H,7-9,16,21-22H2,1-6H3,(H,41,43)(H,42,48)(H,44,45). The van der Waals surface area contributed by atoms with Gasteiger partial charge >= 0.3 is 6.09 Å². The highest BCUT2D eigenvalue weighted by Crippen LogP contribution is 2.42. The first kappa shape index (κ1) is 34.5. The average Bonchev–Trinajstić information content (AvgIpc) is 3.80. The molecule has 6 rings (SSSR count). The van der Waals surface area contributed by atoms with Crippen LogP contribution in [0.25, 0.3) is 44.2 Å². The topological polar surface area (TPSA) is 137 Å². The Labute approximate surface area is 292 Å². The monoisotopic (exact) mass is 675 g/mol. The molecule has 50 heavy (non-hydrogen) atoms. The Hall–Kier alpha value is -5.34. The molecular formula is C39H45N7O4. The predicted molar refractivity (Wildman–Crippen MR) is 195 cm³/mol. The molecule has 0 fully saturated rings. The quantitative estimate of drug-likeness (QED) is 0.0875. The Morgan fingerprint density at radius 2 is 1.92 bits per heavy atom. The van der Waals surface area contributed by atoms with Crippen LogP contribution in [0.1, 0.15) is 77.1 Å². The Morgan fingerprint density at radius 3 is 2.68 bits per heavy atom. The van der Waals surface area contributed by atoms with Gasteiger partial charge in [-0.05, 0) is 79.6 Å². The van der Waals surface area contributed by atoms with Crippen molar-refractivity contribution < 1.29 is 19.1 Å². The molecule has 3 unspecified atom stereocenters. The highest BCUT2D eigenvalue weighted by molar-refractivity contribution is 6.07. The van der Waals surface area contributed by atoms with Crippen molar-refractivity contribution in [3.63, 3.8) is 0 Å². The molecule has 0 saturated carbocycles. The maximum atomic E-state index is 13.8. The number of nitrogens with zero attached hydrogens (tertiary/aromatic N) is 3. The lowest BCUT2D eigenvalue weighted by molar-refractivity contribution is -0.136. The average molecular weight is 676 g/mol. The molecule has 0 radical (unpaired) electrons. The number of H-pyrrole nitrogens is 2. The number of amides is 2. The van der Waals surface area contributed by atoms with Crippen molar-refractivity contribution in [1.82, 2.24) is 35.5 Å². The lowest BCUT2D eigenvalue weighted by atomic mass is 9.92. The Balaban J connectivity index is 1.32. The number of aromatic nitrogens is 4. The van der Waals surface area contributed by atoms with Crippen LogP contribution in [-0.4, -0.2) is 62.6 Å². The second kappa shape index (κ2) is 15.0. The van der Waals surface area contributed by atoms with Gasteiger partial charge in [0, 0.05) is 17.4 Å². The van der Waals surface area contributed by atoms with Gasteiger partial charge in [0.1, 0.15) is 30.0 Å². The summed E-state index contributed by atoms with van der Waals surface area (Å²) < 4.78 is 11.1. The molecule has 11 heteroatoms. The maximum absolute atomic E-state index is 13.8. The molecule has 3 heterocycles. The zero-order valence-electron chi connectivity index (χ0n) is 29.6. The second-order valence-electron chi connectivity index (χ2n) is 12.6. The lowest BCUT2D eigenvalue weighted by Gasteiger charge is -2.34. The van der Waals surface area contributed by atoms with E-state index in [2.05, 4.69) is 80.7 Å². The smallest absolute Gasteiger partial charge is 0.407 e. The van der Waals surface area contributed by atoms with E-state index in [0.717, 1.165) is 74.3 Å². The summed E-state index contributed by atoms with van der Waals surface area (Å²) in [5, 5.41) is 7.98. The minimum Gasteiger partial charge on any atom is -0.488 e. The fourth-order valence-corrected chi connectivity index (χ4v) is 6.51. The third-order valence-corrected chi connectivity index (χ3v) is 9.15. The number of aromatic amines is 2. The van der Waals surface area contributed by atoms with Crippen LogP contribution in [0, 0.1) is 11.8 Å². The van der Waals surface area contributed by atoms with Crippen LogP contribution >= 0.6 is 0 Å². The van der Waals surface area contributed by atoms with Crippen molar-refractivity contribution in [1.29, 1.82) is 0 Å². The fraction of sp³-hybridized carbons (Fsp3) is 0.385. The van der Waals surface area contributed by atoms with Crippen molar-refractivity contribution in [3.8, 4) is 40.0 Å². The Kier molecular flexibility index (Phi) is 10.4. The molecule has 0 aliphatic carbocycles. The summed E-state index contributed by atoms with van der Waals surface area (Å²) in [6, 6.07) is 13.1. The lowest BCUT2D eigenvalue weighted by Crippen LogP contribution is -2.51. The number of alkyl carbamates (subject to hydrolysis) is 1. The SMILES string of the molecule is CCC#CC(CC)N(C(=O)C(C)NC(=O)OC)C(C)c1nc2c(ccc3cc4c(cc32)OCc2cc(-c3cnc(CNCCC)[nH]3)ccc2-4)[nH]1. The minimum absolute atomic E-state index is 0.272. The molecule has 3 atom stereocenters. The van der Waals surface area contributed by atoms with Gasteiger partial charge in [-0.1, -0.05) is 44.9 Å². The van der Waals surface area contributed by atoms with E-state index in [-0.39, 0.29) is 11.9 Å². The minimum atomic E-state index is -0.819. The first-order chi connectivity index (χ1) is 24.3. The molecule has 2 amide bonds. The molecule has 0 saturated heterocycles. The highest BCUT2D eigenvalue weighted by atomic mass is 16.5. The van der Waals surface area contributed by atoms with Crippen molar-refractivity contribution in [2.45, 2.75) is 85.2 Å². The first-order valence-electron chi connectivity index (χ1n) is 17.4. The number of benzene rings is 3. The number of carbonyl (C=O) groups excluding carboxylic acids is 2. The summed E-state index contributed by atoms with van der Waals surface area (Å²) in [7, 11) is 1.27. The number of imidazole rings is 2. The Bertz CT molecular complexity index is 2090. The second-order valence-corrected chi connectivity index (χ2v) is 12.6. The van der Waals surface area contributed by atoms with E-state index in [1.54, 1.807) is 11.8 Å². The van der Waals surface area contributed by atoms with Gasteiger partial charge in [-0.2, -0.15) is 0 Å². The number of fused-ring (bicyclic) bond motifs is 6. The third-order valence-electron chi connectivity index (χ3n) is 9.15. The van der Waals surface area contributed by atoms with Crippen LogP contribution in [0.5, 0.6) is 5.75 Å². The zero-order valence-corrected chi connectivity index (χ0v) is 29.6. The summed E-state index contributed by atoms with van der Waals surface area (Å²) in [5.74, 6) is 8.45. The predicted octanol–water partition coefficient (Wildman–Crippen LogP) is 6.99. The van der Waals surface area contributed by atoms with E-state index in [4.69, 9.17) is 14.5 Å². The summed E-state index contributed by atoms with van der Waals surface area (Å²) >= 11 is 0. The third kappa shape index (κ3) is 6.89. The summed E-state index contributed by atoms with van der Waals surface area (Å²) in [6.45, 7) is 11.8. The maximum Gasteiger partial charge on any atom is 0.407 e. The van der Waals surface area contributed by atoms with E-state index in [0.29, 0.717) is 31.8 Å². The van der Waals surface area contributed by atoms with E-state index < -0.39 is 18.2 Å². The molecule has 4 N–H and O–H groups in total. The zero-order chi connectivity index (χ0) is 35.4. The van der Waals surface area contributed by atoms with Gasteiger partial charge in [0.05, 0.1) is 48.7 Å². The molecule has 3 aromatic carbocycles. The van der Waals surface area contributed by atoms with Crippen LogP contribution < -0.4 is 15.4 Å². The van der Waals surface area contributed by atoms with Crippen LogP contribution in [0.15, 0.2) is 48.7 Å². The molecule has 1 aliphatic heterocycles. The number of methoxy groups -OCH3 is 1. The van der Waals surface area contributed by atoms with Crippen molar-refractivity contribution in [2.75, 3.05) is 13.7 Å². The normalized spacial score (nSPS) is 13.7. The van der Waals surface area contributed by atoms with Crippen LogP contribution in [-0.2, 0) is 22.7 Å². The Morgan fingerprint density at radius 1 is 1.08 bits per heavy atom. The van der Waals surface area contributed by atoms with E-state index in [1.807, 2.05) is 33.0 Å². The van der Waals surface area contributed by atoms with Gasteiger partial charge in [0.25, 0.3) is 0 Å². The first-order valence-corrected chi connectivity index (χ1v) is 17.4. The molecule has 2 aromatic heterocycles. The van der Waals surface area contributed by atoms with E-state index in [9.17, 15) is 9.59 Å². The van der Waals surface area contributed by atoms with Gasteiger partial charge in [-0.25, -0.2) is 14.8 Å². The van der Waals surface area contributed by atoms with Gasteiger partial charge in [-0.3, -0.25) is 4.79 Å². The van der Waals surface area contributed by atoms with Crippen LogP contribution in [0.4, 0.5) is 4.79 Å². The number of nitrogens with one attached hydrogen (secondary N) is 4. The summed E-state index contributed by atoms with van der Waals surface area (Å²) in [5.41, 5.74) is 6.98. The fourth-order valence-electron chi connectivity index (χ4n) is 6.51. The van der Waals surface area contributed by atoms with Crippen LogP contribution in [0.2, 0.25) is 0 Å². The summed E-state index contributed by atoms with van der Waals surface area (Å²) in [6.07, 6.45) is 3.58. The number of ether oxygens (including phenoxy) is 2. The van der Waals surface area contributed by atoms with E-state index >= 15 is 0 Å². The molecule has 260 valence electrons. The van der Waals surface area contributed by atoms with Gasteiger partial charge in [0.2, 0.25) is 5.91 Å². The summed E-state index contributed by atoms with van der Waals surface area (Å²) in [4.78, 5) is 44.0. The number of hydrogen-bond donors (Lipinski definition) is 4. The van der Waals surface area contributed by atoms with Crippen molar-refractivity contribution >= 4 is 33.8 Å². The molecule has 11 nitrogen and oxygen atoms in total. The van der Waals surface area contributed by atoms with Crippen molar-refractivity contribution in [3.05, 3.63) is 65.9 Å².